The third-order valence-corrected chi connectivity index (χ3v) is 6.18. The molecule has 1 fully saturated rings. The number of halogens is 2. The summed E-state index contributed by atoms with van der Waals surface area (Å²) in [6, 6.07) is 12.6. The second-order valence-electron chi connectivity index (χ2n) is 9.07. The molecule has 0 radical (unpaired) electrons. The molecule has 1 saturated heterocycles. The number of carbonyl (C=O) groups is 2. The van der Waals surface area contributed by atoms with Gasteiger partial charge in [0.05, 0.1) is 12.1 Å². The first-order valence-electron chi connectivity index (χ1n) is 10.7. The highest BCUT2D eigenvalue weighted by atomic mass is 35.5. The van der Waals surface area contributed by atoms with E-state index in [0.29, 0.717) is 36.8 Å². The van der Waals surface area contributed by atoms with Gasteiger partial charge in [0.2, 0.25) is 5.91 Å². The number of likely N-dealkylation sites (tertiary alicyclic amines) is 1. The maximum atomic E-state index is 13.9. The van der Waals surface area contributed by atoms with Crippen LogP contribution in [0.4, 0.5) is 14.9 Å². The number of rotatable bonds is 3. The lowest BCUT2D eigenvalue weighted by atomic mass is 9.88. The summed E-state index contributed by atoms with van der Waals surface area (Å²) < 4.78 is 13.9. The molecule has 0 aromatic heterocycles. The van der Waals surface area contributed by atoms with Crippen LogP contribution in [0, 0.1) is 5.82 Å². The number of hydrogen-bond acceptors (Lipinski definition) is 3. The van der Waals surface area contributed by atoms with E-state index in [0.717, 1.165) is 18.4 Å². The number of anilines is 1. The topological polar surface area (TPSA) is 78.7 Å². The Labute approximate surface area is 194 Å². The zero-order chi connectivity index (χ0) is 22.2. The van der Waals surface area contributed by atoms with Gasteiger partial charge >= 0.3 is 6.03 Å². The Bertz CT molecular complexity index is 982. The summed E-state index contributed by atoms with van der Waals surface area (Å²) in [6.07, 6.45) is 1.79. The van der Waals surface area contributed by atoms with Crippen LogP contribution < -0.4 is 11.1 Å². The van der Waals surface area contributed by atoms with Crippen molar-refractivity contribution in [3.63, 3.8) is 0 Å². The lowest BCUT2D eigenvalue weighted by Crippen LogP contribution is -2.53. The van der Waals surface area contributed by atoms with Crippen molar-refractivity contribution in [3.8, 4) is 0 Å². The maximum Gasteiger partial charge on any atom is 0.322 e. The molecule has 4 rings (SSSR count). The number of carbonyl (C=O) groups excluding carboxylic acids is 2. The molecule has 3 amide bonds. The Morgan fingerprint density at radius 3 is 2.28 bits per heavy atom. The van der Waals surface area contributed by atoms with Crippen molar-refractivity contribution in [1.82, 2.24) is 9.80 Å². The summed E-state index contributed by atoms with van der Waals surface area (Å²) in [6.45, 7) is 5.58. The van der Waals surface area contributed by atoms with Crippen molar-refractivity contribution in [2.24, 2.45) is 5.73 Å². The molecule has 2 aliphatic rings. The van der Waals surface area contributed by atoms with Gasteiger partial charge in [0.15, 0.2) is 0 Å². The molecule has 2 aromatic rings. The normalized spacial score (nSPS) is 16.4. The van der Waals surface area contributed by atoms with Gasteiger partial charge in [-0.15, -0.1) is 12.4 Å². The van der Waals surface area contributed by atoms with E-state index >= 15 is 0 Å². The molecule has 6 nitrogen and oxygen atoms in total. The molecular weight excluding hydrogens is 431 g/mol. The summed E-state index contributed by atoms with van der Waals surface area (Å²) in [5.41, 5.74) is 8.46. The molecule has 8 heteroatoms. The number of amides is 3. The van der Waals surface area contributed by atoms with Gasteiger partial charge in [0, 0.05) is 30.9 Å². The van der Waals surface area contributed by atoms with E-state index < -0.39 is 5.54 Å². The molecule has 0 saturated carbocycles. The fraction of sp³-hybridized carbons (Fsp3) is 0.417. The molecular formula is C24H30ClFN4O2. The average molecular weight is 461 g/mol. The van der Waals surface area contributed by atoms with Gasteiger partial charge in [-0.25, -0.2) is 9.18 Å². The molecule has 0 spiro atoms. The van der Waals surface area contributed by atoms with Gasteiger partial charge in [0.25, 0.3) is 0 Å². The van der Waals surface area contributed by atoms with Gasteiger partial charge in [-0.3, -0.25) is 4.79 Å². The van der Waals surface area contributed by atoms with E-state index in [2.05, 4.69) is 5.32 Å². The van der Waals surface area contributed by atoms with Crippen LogP contribution in [0.1, 0.15) is 49.3 Å². The van der Waals surface area contributed by atoms with Crippen LogP contribution in [0.25, 0.3) is 0 Å². The van der Waals surface area contributed by atoms with Crippen LogP contribution in [0.2, 0.25) is 0 Å². The number of hydrogen-bond donors (Lipinski definition) is 2. The van der Waals surface area contributed by atoms with Crippen LogP contribution in [-0.2, 0) is 17.9 Å². The van der Waals surface area contributed by atoms with Crippen LogP contribution in [0.15, 0.2) is 42.5 Å². The highest BCUT2D eigenvalue weighted by Crippen LogP contribution is 2.30. The molecule has 0 bridgehead atoms. The minimum atomic E-state index is -0.838. The summed E-state index contributed by atoms with van der Waals surface area (Å²) in [4.78, 5) is 28.4. The highest BCUT2D eigenvalue weighted by Gasteiger charge is 2.31. The minimum absolute atomic E-state index is 0. The predicted molar refractivity (Wildman–Crippen MR) is 125 cm³/mol. The summed E-state index contributed by atoms with van der Waals surface area (Å²) in [7, 11) is 0. The molecule has 0 unspecified atom stereocenters. The van der Waals surface area contributed by atoms with Gasteiger partial charge in [-0.05, 0) is 61.9 Å². The second-order valence-corrected chi connectivity index (χ2v) is 9.07. The van der Waals surface area contributed by atoms with Crippen molar-refractivity contribution in [2.75, 3.05) is 18.4 Å². The van der Waals surface area contributed by atoms with E-state index in [4.69, 9.17) is 5.73 Å². The third kappa shape index (κ3) is 5.05. The standard InChI is InChI=1S/C24H29FN4O2.ClH/c1-24(2,26)22(30)28-12-10-17(11-13-28)16-6-8-19(9-7-16)27-23(31)29-14-18-4-3-5-21(25)20(18)15-29;/h3-9,17H,10-15,26H2,1-2H3,(H,27,31);1H. The van der Waals surface area contributed by atoms with Crippen LogP contribution in [0.3, 0.4) is 0 Å². The van der Waals surface area contributed by atoms with E-state index in [1.807, 2.05) is 35.2 Å². The second kappa shape index (κ2) is 9.46. The van der Waals surface area contributed by atoms with E-state index in [1.165, 1.54) is 11.6 Å². The SMILES string of the molecule is CC(C)(N)C(=O)N1CCC(c2ccc(NC(=O)N3Cc4cccc(F)c4C3)cc2)CC1.Cl. The smallest absolute Gasteiger partial charge is 0.322 e. The predicted octanol–water partition coefficient (Wildman–Crippen LogP) is 4.24. The van der Waals surface area contributed by atoms with Crippen LogP contribution in [0.5, 0.6) is 0 Å². The lowest BCUT2D eigenvalue weighted by molar-refractivity contribution is -0.136. The molecule has 172 valence electrons. The third-order valence-electron chi connectivity index (χ3n) is 6.18. The summed E-state index contributed by atoms with van der Waals surface area (Å²) in [5.74, 6) is 0.110. The largest absolute Gasteiger partial charge is 0.341 e. The van der Waals surface area contributed by atoms with E-state index in [-0.39, 0.29) is 36.7 Å². The quantitative estimate of drug-likeness (QED) is 0.719. The number of nitrogens with two attached hydrogens (primary N) is 1. The Kier molecular flexibility index (Phi) is 7.10. The zero-order valence-corrected chi connectivity index (χ0v) is 19.3. The average Bonchev–Trinajstić information content (AvgIpc) is 3.19. The Balaban J connectivity index is 0.00000289. The van der Waals surface area contributed by atoms with Gasteiger partial charge in [-0.1, -0.05) is 24.3 Å². The summed E-state index contributed by atoms with van der Waals surface area (Å²) >= 11 is 0. The van der Waals surface area contributed by atoms with Gasteiger partial charge in [0.1, 0.15) is 5.82 Å². The number of benzene rings is 2. The fourth-order valence-corrected chi connectivity index (χ4v) is 4.39. The maximum absolute atomic E-state index is 13.9. The Hall–Kier alpha value is -2.64. The van der Waals surface area contributed by atoms with Crippen molar-refractivity contribution in [3.05, 3.63) is 65.0 Å². The number of urea groups is 1. The van der Waals surface area contributed by atoms with Crippen molar-refractivity contribution in [1.29, 1.82) is 0 Å². The van der Waals surface area contributed by atoms with E-state index in [1.54, 1.807) is 24.8 Å². The molecule has 0 aliphatic carbocycles. The molecule has 2 heterocycles. The molecule has 2 aromatic carbocycles. The number of nitrogens with zero attached hydrogens (tertiary/aromatic N) is 2. The Morgan fingerprint density at radius 1 is 1.03 bits per heavy atom. The summed E-state index contributed by atoms with van der Waals surface area (Å²) in [5, 5.41) is 2.90. The van der Waals surface area contributed by atoms with Crippen LogP contribution >= 0.6 is 12.4 Å². The first-order valence-corrected chi connectivity index (χ1v) is 10.7. The molecule has 3 N–H and O–H groups in total. The number of piperidine rings is 1. The number of fused-ring (bicyclic) bond motifs is 1. The van der Waals surface area contributed by atoms with Crippen LogP contribution in [-0.4, -0.2) is 40.4 Å². The van der Waals surface area contributed by atoms with Crippen molar-refractivity contribution >= 4 is 30.0 Å². The van der Waals surface area contributed by atoms with Crippen molar-refractivity contribution in [2.45, 2.75) is 51.2 Å². The first-order chi connectivity index (χ1) is 14.7. The molecule has 2 aliphatic heterocycles. The number of nitrogens with one attached hydrogen (secondary N) is 1. The van der Waals surface area contributed by atoms with Gasteiger partial charge < -0.3 is 20.9 Å². The molecule has 0 atom stereocenters. The first kappa shape index (κ1) is 24.0. The lowest BCUT2D eigenvalue weighted by Gasteiger charge is -2.35. The Morgan fingerprint density at radius 2 is 1.69 bits per heavy atom. The minimum Gasteiger partial charge on any atom is -0.341 e. The zero-order valence-electron chi connectivity index (χ0n) is 18.4. The van der Waals surface area contributed by atoms with E-state index in [9.17, 15) is 14.0 Å². The fourth-order valence-electron chi connectivity index (χ4n) is 4.39. The van der Waals surface area contributed by atoms with Gasteiger partial charge in [-0.2, -0.15) is 0 Å². The highest BCUT2D eigenvalue weighted by molar-refractivity contribution is 5.89. The monoisotopic (exact) mass is 460 g/mol. The molecule has 32 heavy (non-hydrogen) atoms. The van der Waals surface area contributed by atoms with Crippen molar-refractivity contribution < 1.29 is 14.0 Å².